The Labute approximate surface area is 186 Å². The summed E-state index contributed by atoms with van der Waals surface area (Å²) in [4.78, 5) is 18.0. The molecule has 0 fully saturated rings. The van der Waals surface area contributed by atoms with Crippen LogP contribution < -0.4 is 19.8 Å². The normalized spacial score (nSPS) is 19.2. The van der Waals surface area contributed by atoms with E-state index in [2.05, 4.69) is 18.8 Å². The largest absolute Gasteiger partial charge is 0.497 e. The van der Waals surface area contributed by atoms with Crippen LogP contribution in [-0.2, 0) is 11.3 Å². The number of nitrogen functional groups attached to an aromatic ring is 1. The first-order valence-corrected chi connectivity index (χ1v) is 10.6. The van der Waals surface area contributed by atoms with Gasteiger partial charge in [-0.05, 0) is 35.2 Å². The number of hydrogen-bond acceptors (Lipinski definition) is 6. The van der Waals surface area contributed by atoms with Gasteiger partial charge in [0, 0.05) is 18.4 Å². The number of nitrogens with two attached hydrogens (primary N) is 1. The lowest BCUT2D eigenvalue weighted by Crippen LogP contribution is -2.41. The average molecular weight is 433 g/mol. The molecule has 32 heavy (non-hydrogen) atoms. The predicted octanol–water partition coefficient (Wildman–Crippen LogP) is 3.77. The van der Waals surface area contributed by atoms with Gasteiger partial charge in [-0.25, -0.2) is 4.57 Å². The fourth-order valence-electron chi connectivity index (χ4n) is 4.65. The van der Waals surface area contributed by atoms with Gasteiger partial charge in [0.25, 0.3) is 0 Å². The molecule has 2 N–H and O–H groups in total. The second-order valence-electron chi connectivity index (χ2n) is 9.14. The van der Waals surface area contributed by atoms with E-state index in [1.165, 1.54) is 0 Å². The third kappa shape index (κ3) is 3.43. The molecule has 0 saturated heterocycles. The highest BCUT2D eigenvalue weighted by atomic mass is 16.5. The summed E-state index contributed by atoms with van der Waals surface area (Å²) in [5.74, 6) is 2.87. The Balaban J connectivity index is 1.68. The highest BCUT2D eigenvalue weighted by Crippen LogP contribution is 2.50. The lowest BCUT2D eigenvalue weighted by atomic mass is 9.70. The average Bonchev–Trinajstić information content (AvgIpc) is 3.27. The molecule has 3 heterocycles. The fourth-order valence-corrected chi connectivity index (χ4v) is 4.65. The van der Waals surface area contributed by atoms with Crippen LogP contribution in [0.4, 0.5) is 5.82 Å². The number of fused-ring (bicyclic) bond motifs is 1. The number of ether oxygens (including phenoxy) is 2. The van der Waals surface area contributed by atoms with E-state index in [1.54, 1.807) is 19.7 Å². The van der Waals surface area contributed by atoms with Gasteiger partial charge < -0.3 is 19.6 Å². The van der Waals surface area contributed by atoms with Crippen LogP contribution in [0.2, 0.25) is 0 Å². The molecule has 164 valence electrons. The number of ketones is 1. The summed E-state index contributed by atoms with van der Waals surface area (Å²) in [5, 5.41) is 0. The standard InChI is InChI=1S/C25H25N3O4/c1-25(2)11-18(29)21-19(12-25)32-24-22(20(21)15-6-8-16(30-3)9-7-15)23(26)28(14-27-24)13-17-5-4-10-31-17/h4-10,14,20,26H,11-13H2,1-3H3/p+1/t20-/m0/s1. The number of benzene rings is 1. The van der Waals surface area contributed by atoms with Gasteiger partial charge in [-0.3, -0.25) is 4.79 Å². The first kappa shape index (κ1) is 20.3. The number of furan rings is 1. The maximum absolute atomic E-state index is 13.4. The van der Waals surface area contributed by atoms with Crippen LogP contribution in [0, 0.1) is 5.41 Å². The summed E-state index contributed by atoms with van der Waals surface area (Å²) in [5.41, 5.74) is 8.82. The summed E-state index contributed by atoms with van der Waals surface area (Å²) in [6.45, 7) is 4.60. The van der Waals surface area contributed by atoms with Crippen molar-refractivity contribution >= 4 is 11.6 Å². The maximum Gasteiger partial charge on any atom is 0.305 e. The van der Waals surface area contributed by atoms with Gasteiger partial charge in [0.15, 0.2) is 5.78 Å². The summed E-state index contributed by atoms with van der Waals surface area (Å²) < 4.78 is 18.8. The fraction of sp³-hybridized carbons (Fsp3) is 0.320. The minimum atomic E-state index is -0.361. The van der Waals surface area contributed by atoms with E-state index >= 15 is 0 Å². The van der Waals surface area contributed by atoms with Crippen molar-refractivity contribution in [1.82, 2.24) is 4.98 Å². The van der Waals surface area contributed by atoms with Crippen molar-refractivity contribution in [2.75, 3.05) is 12.8 Å². The Morgan fingerprint density at radius 3 is 2.69 bits per heavy atom. The molecule has 7 heteroatoms. The number of Topliss-reactive ketones (excluding diaryl/α,β-unsaturated/α-hetero) is 1. The molecule has 0 radical (unpaired) electrons. The van der Waals surface area contributed by atoms with Gasteiger partial charge in [-0.15, -0.1) is 0 Å². The highest BCUT2D eigenvalue weighted by Gasteiger charge is 2.45. The Morgan fingerprint density at radius 1 is 1.22 bits per heavy atom. The lowest BCUT2D eigenvalue weighted by molar-refractivity contribution is -0.679. The molecule has 1 aromatic carbocycles. The maximum atomic E-state index is 13.4. The molecule has 0 bridgehead atoms. The van der Waals surface area contributed by atoms with E-state index < -0.39 is 0 Å². The third-order valence-electron chi connectivity index (χ3n) is 6.16. The number of nitrogens with zero attached hydrogens (tertiary/aromatic N) is 2. The quantitative estimate of drug-likeness (QED) is 0.631. The molecule has 1 aliphatic carbocycles. The minimum Gasteiger partial charge on any atom is -0.497 e. The number of methoxy groups -OCH3 is 1. The van der Waals surface area contributed by atoms with Crippen molar-refractivity contribution in [3.05, 3.63) is 77.2 Å². The zero-order chi connectivity index (χ0) is 22.5. The second kappa shape index (κ2) is 7.51. The van der Waals surface area contributed by atoms with Crippen molar-refractivity contribution in [3.63, 3.8) is 0 Å². The molecule has 0 saturated carbocycles. The number of aromatic nitrogens is 2. The van der Waals surface area contributed by atoms with Crippen LogP contribution in [-0.4, -0.2) is 17.9 Å². The van der Waals surface area contributed by atoms with Gasteiger partial charge in [0.2, 0.25) is 12.1 Å². The van der Waals surface area contributed by atoms with Crippen molar-refractivity contribution in [2.24, 2.45) is 5.41 Å². The summed E-state index contributed by atoms with van der Waals surface area (Å²) in [6, 6.07) is 11.5. The van der Waals surface area contributed by atoms with E-state index in [1.807, 2.05) is 41.0 Å². The van der Waals surface area contributed by atoms with Crippen molar-refractivity contribution in [1.29, 1.82) is 0 Å². The van der Waals surface area contributed by atoms with Crippen LogP contribution in [0.3, 0.4) is 0 Å². The smallest absolute Gasteiger partial charge is 0.305 e. The van der Waals surface area contributed by atoms with Gasteiger partial charge in [-0.2, -0.15) is 0 Å². The molecule has 0 spiro atoms. The zero-order valence-corrected chi connectivity index (χ0v) is 18.4. The van der Waals surface area contributed by atoms with Gasteiger partial charge in [-0.1, -0.05) is 31.0 Å². The Morgan fingerprint density at radius 2 is 2.00 bits per heavy atom. The van der Waals surface area contributed by atoms with Crippen LogP contribution in [0.5, 0.6) is 11.6 Å². The topological polar surface area (TPSA) is 91.5 Å². The number of hydrogen-bond donors (Lipinski definition) is 1. The molecule has 5 rings (SSSR count). The van der Waals surface area contributed by atoms with Gasteiger partial charge in [0.1, 0.15) is 29.4 Å². The predicted molar refractivity (Wildman–Crippen MR) is 117 cm³/mol. The molecule has 2 aromatic heterocycles. The zero-order valence-electron chi connectivity index (χ0n) is 18.4. The summed E-state index contributed by atoms with van der Waals surface area (Å²) >= 11 is 0. The molecular weight excluding hydrogens is 406 g/mol. The molecule has 0 amide bonds. The van der Waals surface area contributed by atoms with Crippen molar-refractivity contribution in [3.8, 4) is 11.6 Å². The third-order valence-corrected chi connectivity index (χ3v) is 6.16. The first-order valence-electron chi connectivity index (χ1n) is 10.6. The number of allylic oxidation sites excluding steroid dienone is 2. The van der Waals surface area contributed by atoms with E-state index in [9.17, 15) is 4.79 Å². The van der Waals surface area contributed by atoms with E-state index in [0.717, 1.165) is 17.1 Å². The van der Waals surface area contributed by atoms with Crippen molar-refractivity contribution in [2.45, 2.75) is 39.2 Å². The lowest BCUT2D eigenvalue weighted by Gasteiger charge is -2.37. The first-order chi connectivity index (χ1) is 15.4. The number of anilines is 1. The van der Waals surface area contributed by atoms with Crippen LogP contribution in [0.15, 0.2) is 64.7 Å². The van der Waals surface area contributed by atoms with Crippen LogP contribution >= 0.6 is 0 Å². The van der Waals surface area contributed by atoms with Gasteiger partial charge >= 0.3 is 5.88 Å². The van der Waals surface area contributed by atoms with E-state index in [-0.39, 0.29) is 17.1 Å². The highest BCUT2D eigenvalue weighted by molar-refractivity contribution is 6.00. The molecule has 1 aliphatic heterocycles. The molecular formula is C25H26N3O4+. The van der Waals surface area contributed by atoms with Crippen LogP contribution in [0.25, 0.3) is 0 Å². The number of carbonyl (C=O) groups excluding carboxylic acids is 1. The molecule has 0 unspecified atom stereocenters. The molecule has 7 nitrogen and oxygen atoms in total. The van der Waals surface area contributed by atoms with E-state index in [4.69, 9.17) is 19.6 Å². The minimum absolute atomic E-state index is 0.0866. The Hall–Kier alpha value is -3.61. The summed E-state index contributed by atoms with van der Waals surface area (Å²) in [6.07, 6.45) is 4.41. The molecule has 2 aliphatic rings. The van der Waals surface area contributed by atoms with Gasteiger partial charge in [0.05, 0.1) is 19.3 Å². The second-order valence-corrected chi connectivity index (χ2v) is 9.14. The monoisotopic (exact) mass is 432 g/mol. The number of carbonyl (C=O) groups is 1. The van der Waals surface area contributed by atoms with E-state index in [0.29, 0.717) is 48.0 Å². The Bertz CT molecular complexity index is 1210. The van der Waals surface area contributed by atoms with Crippen LogP contribution in [0.1, 0.15) is 49.5 Å². The Kier molecular flexibility index (Phi) is 4.77. The molecule has 1 atom stereocenters. The summed E-state index contributed by atoms with van der Waals surface area (Å²) in [7, 11) is 1.63. The van der Waals surface area contributed by atoms with Crippen molar-refractivity contribution < 1.29 is 23.3 Å². The SMILES string of the molecule is COc1ccc([C@H]2C3=C(CC(C)(C)CC3=O)Oc3nc[n+](Cc4ccco4)c(N)c32)cc1. The molecule has 3 aromatic rings. The number of rotatable bonds is 4.